The summed E-state index contributed by atoms with van der Waals surface area (Å²) in [6.45, 7) is 11.4. The van der Waals surface area contributed by atoms with Crippen LogP contribution in [0.2, 0.25) is 0 Å². The summed E-state index contributed by atoms with van der Waals surface area (Å²) in [6, 6.07) is 6.97. The van der Waals surface area contributed by atoms with Crippen molar-refractivity contribution in [2.75, 3.05) is 33.2 Å². The first kappa shape index (κ1) is 14.5. The fraction of sp³-hybridized carbons (Fsp3) is 0.647. The predicted molar refractivity (Wildman–Crippen MR) is 82.9 cm³/mol. The van der Waals surface area contributed by atoms with E-state index in [0.717, 1.165) is 6.54 Å². The molecule has 0 aliphatic carbocycles. The molecule has 0 atom stereocenters. The number of rotatable bonds is 4. The fourth-order valence-electron chi connectivity index (χ4n) is 3.59. The minimum atomic E-state index is 0.332. The van der Waals surface area contributed by atoms with Crippen LogP contribution in [0.25, 0.3) is 0 Å². The molecule has 2 rings (SSSR count). The van der Waals surface area contributed by atoms with Crippen LogP contribution in [0.1, 0.15) is 36.5 Å². The van der Waals surface area contributed by atoms with Gasteiger partial charge in [-0.05, 0) is 64.5 Å². The summed E-state index contributed by atoms with van der Waals surface area (Å²) in [5.74, 6) is 0. The molecule has 0 radical (unpaired) electrons. The van der Waals surface area contributed by atoms with Gasteiger partial charge in [0, 0.05) is 12.0 Å². The van der Waals surface area contributed by atoms with Gasteiger partial charge in [-0.3, -0.25) is 0 Å². The number of nitrogens with one attached hydrogen (secondary N) is 1. The Kier molecular flexibility index (Phi) is 4.64. The van der Waals surface area contributed by atoms with Crippen LogP contribution in [0, 0.1) is 13.8 Å². The van der Waals surface area contributed by atoms with E-state index >= 15 is 0 Å². The Morgan fingerprint density at radius 1 is 1.21 bits per heavy atom. The van der Waals surface area contributed by atoms with Gasteiger partial charge < -0.3 is 10.2 Å². The number of piperidine rings is 1. The van der Waals surface area contributed by atoms with Crippen molar-refractivity contribution in [1.82, 2.24) is 10.2 Å². The van der Waals surface area contributed by atoms with Crippen LogP contribution in [-0.4, -0.2) is 38.1 Å². The number of likely N-dealkylation sites (tertiary alicyclic amines) is 1. The molecular weight excluding hydrogens is 232 g/mol. The third-order valence-corrected chi connectivity index (χ3v) is 4.73. The van der Waals surface area contributed by atoms with Crippen LogP contribution >= 0.6 is 0 Å². The van der Waals surface area contributed by atoms with E-state index in [1.807, 2.05) is 0 Å². The summed E-state index contributed by atoms with van der Waals surface area (Å²) in [5, 5.41) is 3.43. The Hall–Kier alpha value is -0.860. The molecule has 2 heteroatoms. The maximum atomic E-state index is 3.43. The average molecular weight is 260 g/mol. The lowest BCUT2D eigenvalue weighted by Crippen LogP contribution is -2.47. The summed E-state index contributed by atoms with van der Waals surface area (Å²) in [5.41, 5.74) is 4.72. The van der Waals surface area contributed by atoms with Crippen molar-refractivity contribution in [3.63, 3.8) is 0 Å². The molecule has 1 aromatic carbocycles. The van der Waals surface area contributed by atoms with Gasteiger partial charge in [0.25, 0.3) is 0 Å². The smallest absolute Gasteiger partial charge is 0.0105 e. The molecule has 0 bridgehead atoms. The van der Waals surface area contributed by atoms with Crippen molar-refractivity contribution < 1.29 is 0 Å². The highest BCUT2D eigenvalue weighted by molar-refractivity contribution is 5.37. The van der Waals surface area contributed by atoms with E-state index in [2.05, 4.69) is 56.2 Å². The summed E-state index contributed by atoms with van der Waals surface area (Å²) in [7, 11) is 2.08. The second kappa shape index (κ2) is 6.06. The Morgan fingerprint density at radius 2 is 1.89 bits per heavy atom. The third-order valence-electron chi connectivity index (χ3n) is 4.73. The normalized spacial score (nSPS) is 19.6. The average Bonchev–Trinajstić information content (AvgIpc) is 2.39. The first-order valence-electron chi connectivity index (χ1n) is 7.56. The number of aryl methyl sites for hydroxylation is 2. The van der Waals surface area contributed by atoms with Gasteiger partial charge in [-0.1, -0.05) is 30.7 Å². The van der Waals surface area contributed by atoms with Crippen LogP contribution in [0.4, 0.5) is 0 Å². The molecule has 1 N–H and O–H groups in total. The van der Waals surface area contributed by atoms with Crippen molar-refractivity contribution in [2.24, 2.45) is 0 Å². The van der Waals surface area contributed by atoms with E-state index in [0.29, 0.717) is 5.41 Å². The second-order valence-corrected chi connectivity index (χ2v) is 6.06. The number of hydrogen-bond donors (Lipinski definition) is 1. The van der Waals surface area contributed by atoms with Crippen LogP contribution < -0.4 is 5.32 Å². The van der Waals surface area contributed by atoms with E-state index in [1.54, 1.807) is 5.56 Å². The molecular formula is C17H28N2. The molecule has 0 unspecified atom stereocenters. The first-order valence-corrected chi connectivity index (χ1v) is 7.56. The molecule has 0 amide bonds. The van der Waals surface area contributed by atoms with E-state index in [9.17, 15) is 0 Å². The summed E-state index contributed by atoms with van der Waals surface area (Å²) in [6.07, 6.45) is 2.54. The monoisotopic (exact) mass is 260 g/mol. The zero-order chi connectivity index (χ0) is 13.9. The van der Waals surface area contributed by atoms with Crippen molar-refractivity contribution in [3.8, 4) is 0 Å². The quantitative estimate of drug-likeness (QED) is 0.895. The van der Waals surface area contributed by atoms with Gasteiger partial charge in [-0.2, -0.15) is 0 Å². The van der Waals surface area contributed by atoms with Gasteiger partial charge in [0.15, 0.2) is 0 Å². The van der Waals surface area contributed by atoms with E-state index in [-0.39, 0.29) is 0 Å². The minimum absolute atomic E-state index is 0.332. The Balaban J connectivity index is 2.29. The van der Waals surface area contributed by atoms with E-state index < -0.39 is 0 Å². The zero-order valence-electron chi connectivity index (χ0n) is 12.9. The molecule has 0 saturated carbocycles. The molecule has 1 aliphatic heterocycles. The second-order valence-electron chi connectivity index (χ2n) is 6.06. The van der Waals surface area contributed by atoms with E-state index in [1.165, 1.54) is 43.6 Å². The minimum Gasteiger partial charge on any atom is -0.319 e. The summed E-state index contributed by atoms with van der Waals surface area (Å²) < 4.78 is 0. The fourth-order valence-corrected chi connectivity index (χ4v) is 3.59. The molecule has 2 nitrogen and oxygen atoms in total. The SMILES string of the molecule is CCN1CCC(CNC)(c2ccc(C)cc2C)CC1. The van der Waals surface area contributed by atoms with Crippen molar-refractivity contribution >= 4 is 0 Å². The highest BCUT2D eigenvalue weighted by Gasteiger charge is 2.36. The molecule has 1 aromatic rings. The van der Waals surface area contributed by atoms with Gasteiger partial charge in [0.1, 0.15) is 0 Å². The molecule has 19 heavy (non-hydrogen) atoms. The molecule has 1 fully saturated rings. The van der Waals surface area contributed by atoms with Gasteiger partial charge >= 0.3 is 0 Å². The highest BCUT2D eigenvalue weighted by Crippen LogP contribution is 2.37. The molecule has 1 saturated heterocycles. The summed E-state index contributed by atoms with van der Waals surface area (Å²) in [4.78, 5) is 2.57. The first-order chi connectivity index (χ1) is 9.11. The lowest BCUT2D eigenvalue weighted by molar-refractivity contribution is 0.163. The number of hydrogen-bond acceptors (Lipinski definition) is 2. The zero-order valence-corrected chi connectivity index (χ0v) is 12.9. The largest absolute Gasteiger partial charge is 0.319 e. The van der Waals surface area contributed by atoms with Crippen molar-refractivity contribution in [2.45, 2.75) is 39.0 Å². The number of benzene rings is 1. The lowest BCUT2D eigenvalue weighted by Gasteiger charge is -2.43. The van der Waals surface area contributed by atoms with Crippen molar-refractivity contribution in [3.05, 3.63) is 34.9 Å². The predicted octanol–water partition coefficient (Wildman–Crippen LogP) is 2.88. The van der Waals surface area contributed by atoms with Crippen LogP contribution in [0.5, 0.6) is 0 Å². The Bertz CT molecular complexity index is 417. The molecule has 0 spiro atoms. The Morgan fingerprint density at radius 3 is 2.42 bits per heavy atom. The van der Waals surface area contributed by atoms with Gasteiger partial charge in [-0.15, -0.1) is 0 Å². The molecule has 1 aliphatic rings. The van der Waals surface area contributed by atoms with Crippen LogP contribution in [0.3, 0.4) is 0 Å². The van der Waals surface area contributed by atoms with Gasteiger partial charge in [0.05, 0.1) is 0 Å². The third kappa shape index (κ3) is 3.01. The maximum absolute atomic E-state index is 3.43. The van der Waals surface area contributed by atoms with Crippen LogP contribution in [-0.2, 0) is 5.41 Å². The topological polar surface area (TPSA) is 15.3 Å². The van der Waals surface area contributed by atoms with Gasteiger partial charge in [0.2, 0.25) is 0 Å². The summed E-state index contributed by atoms with van der Waals surface area (Å²) >= 11 is 0. The van der Waals surface area contributed by atoms with Crippen LogP contribution in [0.15, 0.2) is 18.2 Å². The number of nitrogens with zero attached hydrogens (tertiary/aromatic N) is 1. The lowest BCUT2D eigenvalue weighted by atomic mass is 9.71. The molecule has 0 aromatic heterocycles. The Labute approximate surface area is 118 Å². The number of likely N-dealkylation sites (N-methyl/N-ethyl adjacent to an activating group) is 1. The van der Waals surface area contributed by atoms with Gasteiger partial charge in [-0.25, -0.2) is 0 Å². The maximum Gasteiger partial charge on any atom is 0.0105 e. The molecule has 1 heterocycles. The molecule has 106 valence electrons. The highest BCUT2D eigenvalue weighted by atomic mass is 15.1. The van der Waals surface area contributed by atoms with Crippen molar-refractivity contribution in [1.29, 1.82) is 0 Å². The standard InChI is InChI=1S/C17H28N2/c1-5-19-10-8-17(9-11-19,13-18-4)16-7-6-14(2)12-15(16)3/h6-7,12,18H,5,8-11,13H2,1-4H3. The van der Waals surface area contributed by atoms with E-state index in [4.69, 9.17) is 0 Å².